The van der Waals surface area contributed by atoms with Crippen molar-refractivity contribution in [2.45, 2.75) is 78.2 Å². The number of ether oxygens (including phenoxy) is 4. The molecular formula is C38H55N7O9. The molecule has 2 unspecified atom stereocenters. The zero-order valence-corrected chi connectivity index (χ0v) is 32.7. The van der Waals surface area contributed by atoms with E-state index in [9.17, 15) is 19.2 Å². The van der Waals surface area contributed by atoms with Crippen molar-refractivity contribution in [1.29, 1.82) is 0 Å². The Bertz CT molecular complexity index is 1680. The molecule has 16 heteroatoms. The lowest BCUT2D eigenvalue weighted by Gasteiger charge is -2.31. The summed E-state index contributed by atoms with van der Waals surface area (Å²) in [5.41, 5.74) is 7.36. The molecule has 1 heterocycles. The van der Waals surface area contributed by atoms with Gasteiger partial charge in [0.25, 0.3) is 11.8 Å². The highest BCUT2D eigenvalue weighted by molar-refractivity contribution is 6.03. The molecule has 16 nitrogen and oxygen atoms in total. The van der Waals surface area contributed by atoms with E-state index in [0.717, 1.165) is 6.42 Å². The number of rotatable bonds is 20. The molecule has 4 atom stereocenters. The Morgan fingerprint density at radius 1 is 0.963 bits per heavy atom. The van der Waals surface area contributed by atoms with Crippen LogP contribution in [0, 0.1) is 5.92 Å². The minimum absolute atomic E-state index is 0.0996. The van der Waals surface area contributed by atoms with Crippen molar-refractivity contribution < 1.29 is 43.0 Å². The number of methoxy groups -OCH3 is 2. The van der Waals surface area contributed by atoms with Crippen molar-refractivity contribution in [3.63, 3.8) is 0 Å². The maximum atomic E-state index is 13.3. The van der Waals surface area contributed by atoms with Crippen LogP contribution in [0.5, 0.6) is 23.0 Å². The topological polar surface area (TPSA) is 195 Å². The van der Waals surface area contributed by atoms with Crippen LogP contribution in [0.3, 0.4) is 0 Å². The largest absolute Gasteiger partial charge is 0.493 e. The van der Waals surface area contributed by atoms with Crippen molar-refractivity contribution >= 4 is 41.2 Å². The second-order valence-electron chi connectivity index (χ2n) is 13.0. The van der Waals surface area contributed by atoms with E-state index in [4.69, 9.17) is 29.5 Å². The van der Waals surface area contributed by atoms with Gasteiger partial charge in [0, 0.05) is 31.8 Å². The molecular weight excluding hydrogens is 698 g/mol. The van der Waals surface area contributed by atoms with Crippen molar-refractivity contribution in [3.05, 3.63) is 48.2 Å². The lowest BCUT2D eigenvalue weighted by atomic mass is 10.0. The molecule has 3 rings (SSSR count). The number of carbonyl (C=O) groups is 4. The van der Waals surface area contributed by atoms with Gasteiger partial charge >= 0.3 is 0 Å². The molecule has 2 aromatic carbocycles. The molecule has 0 spiro atoms. The molecule has 0 aliphatic carbocycles. The Morgan fingerprint density at radius 2 is 1.59 bits per heavy atom. The number of hydrogen-bond donors (Lipinski definition) is 4. The highest BCUT2D eigenvalue weighted by atomic mass is 16.7. The van der Waals surface area contributed by atoms with Crippen molar-refractivity contribution in [2.75, 3.05) is 46.5 Å². The smallest absolute Gasteiger partial charge is 0.280 e. The summed E-state index contributed by atoms with van der Waals surface area (Å²) in [6, 6.07) is 4.52. The Kier molecular flexibility index (Phi) is 16.1. The van der Waals surface area contributed by atoms with Crippen LogP contribution < -0.4 is 45.5 Å². The molecule has 1 aliphatic heterocycles. The first-order valence-corrected chi connectivity index (χ1v) is 17.8. The SMILES string of the molecule is C=CNC(=O)c1cc(OC)c(OCCCOc2cc3c(cc2OC)C(=O)N(OC)C(CCC)C=N3)cc1N(C)C(C)NC(=O)[C@H](C)NC(=O)[C@@H](N)C(C)C. The summed E-state index contributed by atoms with van der Waals surface area (Å²) in [4.78, 5) is 63.5. The van der Waals surface area contributed by atoms with Gasteiger partial charge in [0.05, 0.1) is 75.3 Å². The number of nitrogens with two attached hydrogens (primary N) is 1. The zero-order valence-electron chi connectivity index (χ0n) is 32.7. The quantitative estimate of drug-likeness (QED) is 0.114. The van der Waals surface area contributed by atoms with Crippen LogP contribution in [0.15, 0.2) is 42.0 Å². The molecule has 0 fully saturated rings. The Balaban J connectivity index is 1.75. The highest BCUT2D eigenvalue weighted by Gasteiger charge is 2.30. The van der Waals surface area contributed by atoms with Gasteiger partial charge in [-0.2, -0.15) is 0 Å². The van der Waals surface area contributed by atoms with Crippen LogP contribution in [-0.4, -0.2) is 101 Å². The summed E-state index contributed by atoms with van der Waals surface area (Å²) >= 11 is 0. The molecule has 0 saturated carbocycles. The Labute approximate surface area is 317 Å². The number of nitrogens with one attached hydrogen (secondary N) is 3. The van der Waals surface area contributed by atoms with Gasteiger partial charge < -0.3 is 45.5 Å². The fraction of sp³-hybridized carbons (Fsp3) is 0.500. The lowest BCUT2D eigenvalue weighted by molar-refractivity contribution is -0.130. The fourth-order valence-corrected chi connectivity index (χ4v) is 5.50. The monoisotopic (exact) mass is 753 g/mol. The van der Waals surface area contributed by atoms with Crippen LogP contribution in [0.25, 0.3) is 0 Å². The third-order valence-electron chi connectivity index (χ3n) is 8.83. The van der Waals surface area contributed by atoms with Gasteiger partial charge in [-0.15, -0.1) is 0 Å². The third-order valence-corrected chi connectivity index (χ3v) is 8.83. The molecule has 296 valence electrons. The van der Waals surface area contributed by atoms with E-state index in [0.29, 0.717) is 52.8 Å². The maximum Gasteiger partial charge on any atom is 0.280 e. The molecule has 1 aliphatic rings. The molecule has 54 heavy (non-hydrogen) atoms. The molecule has 5 N–H and O–H groups in total. The number of hydroxylamine groups is 2. The Morgan fingerprint density at radius 3 is 2.17 bits per heavy atom. The average molecular weight is 754 g/mol. The predicted molar refractivity (Wildman–Crippen MR) is 206 cm³/mol. The minimum atomic E-state index is -0.862. The number of hydrogen-bond acceptors (Lipinski definition) is 12. The third kappa shape index (κ3) is 10.6. The molecule has 0 bridgehead atoms. The van der Waals surface area contributed by atoms with Gasteiger partial charge in [-0.25, -0.2) is 5.06 Å². The lowest BCUT2D eigenvalue weighted by Crippen LogP contribution is -2.55. The van der Waals surface area contributed by atoms with E-state index in [1.54, 1.807) is 56.3 Å². The van der Waals surface area contributed by atoms with E-state index in [1.165, 1.54) is 32.6 Å². The maximum absolute atomic E-state index is 13.3. The molecule has 0 saturated heterocycles. The summed E-state index contributed by atoms with van der Waals surface area (Å²) in [5, 5.41) is 9.41. The van der Waals surface area contributed by atoms with Crippen LogP contribution in [0.4, 0.5) is 11.4 Å². The van der Waals surface area contributed by atoms with E-state index in [1.807, 2.05) is 20.8 Å². The summed E-state index contributed by atoms with van der Waals surface area (Å²) < 4.78 is 23.3. The van der Waals surface area contributed by atoms with Gasteiger partial charge in [0.15, 0.2) is 23.0 Å². The minimum Gasteiger partial charge on any atom is -0.493 e. The zero-order chi connectivity index (χ0) is 40.1. The summed E-state index contributed by atoms with van der Waals surface area (Å²) in [7, 11) is 6.11. The number of aliphatic imine (C=N–C) groups is 1. The second kappa shape index (κ2) is 20.2. The fourth-order valence-electron chi connectivity index (χ4n) is 5.50. The first-order valence-electron chi connectivity index (χ1n) is 17.8. The van der Waals surface area contributed by atoms with Gasteiger partial charge in [0.1, 0.15) is 6.04 Å². The van der Waals surface area contributed by atoms with Crippen molar-refractivity contribution in [1.82, 2.24) is 21.0 Å². The second-order valence-corrected chi connectivity index (χ2v) is 13.0. The number of benzene rings is 2. The van der Waals surface area contributed by atoms with Crippen LogP contribution in [0.1, 0.15) is 74.6 Å². The van der Waals surface area contributed by atoms with E-state index in [2.05, 4.69) is 27.5 Å². The van der Waals surface area contributed by atoms with E-state index >= 15 is 0 Å². The normalized spacial score (nSPS) is 15.3. The standard InChI is InChI=1S/C38H55N7O9/c1-11-14-25-21-41-28-19-32(30(50-8)17-26(28)38(49)45(25)52-10)53-15-13-16-54-33-20-29(27(18-31(33)51-9)36(47)40-12-2)44(7)24(6)43-35(46)23(5)42-37(48)34(39)22(3)4/h12,17-25,34H,2,11,13-16,39H2,1,3-10H3,(H,40,47)(H,42,48)(H,43,46)/t23-,24?,25?,34-/m0/s1. The summed E-state index contributed by atoms with van der Waals surface area (Å²) in [6.07, 6.45) is 4.29. The predicted octanol–water partition coefficient (Wildman–Crippen LogP) is 3.70. The molecule has 0 radical (unpaired) electrons. The van der Waals surface area contributed by atoms with E-state index < -0.39 is 36.0 Å². The average Bonchev–Trinajstić information content (AvgIpc) is 3.27. The van der Waals surface area contributed by atoms with Crippen LogP contribution in [-0.2, 0) is 14.4 Å². The molecule has 2 aromatic rings. The number of carbonyl (C=O) groups excluding carboxylic acids is 4. The van der Waals surface area contributed by atoms with Gasteiger partial charge in [0.2, 0.25) is 11.8 Å². The van der Waals surface area contributed by atoms with Crippen molar-refractivity contribution in [3.8, 4) is 23.0 Å². The summed E-state index contributed by atoms with van der Waals surface area (Å²) in [6.45, 7) is 13.0. The first kappa shape index (κ1) is 43.1. The first-order chi connectivity index (χ1) is 25.7. The van der Waals surface area contributed by atoms with Crippen LogP contribution in [0.2, 0.25) is 0 Å². The number of anilines is 1. The van der Waals surface area contributed by atoms with Crippen LogP contribution >= 0.6 is 0 Å². The Hall–Kier alpha value is -5.35. The number of fused-ring (bicyclic) bond motifs is 1. The van der Waals surface area contributed by atoms with Gasteiger partial charge in [-0.05, 0) is 44.5 Å². The molecule has 4 amide bonds. The molecule has 0 aromatic heterocycles. The number of nitrogens with zero attached hydrogens (tertiary/aromatic N) is 3. The van der Waals surface area contributed by atoms with Crippen molar-refractivity contribution in [2.24, 2.45) is 16.6 Å². The highest BCUT2D eigenvalue weighted by Crippen LogP contribution is 2.38. The van der Waals surface area contributed by atoms with E-state index in [-0.39, 0.29) is 36.6 Å². The summed E-state index contributed by atoms with van der Waals surface area (Å²) in [5.74, 6) is -0.329. The van der Waals surface area contributed by atoms with Gasteiger partial charge in [-0.3, -0.25) is 29.0 Å². The van der Waals surface area contributed by atoms with Gasteiger partial charge in [-0.1, -0.05) is 33.8 Å². The number of amides is 4.